The summed E-state index contributed by atoms with van der Waals surface area (Å²) in [6.07, 6.45) is 2.52. The van der Waals surface area contributed by atoms with E-state index in [2.05, 4.69) is 69.3 Å². The lowest BCUT2D eigenvalue weighted by atomic mass is 10.1. The summed E-state index contributed by atoms with van der Waals surface area (Å²) in [6.45, 7) is 11.2. The molecule has 3 rings (SSSR count). The molecule has 0 spiro atoms. The summed E-state index contributed by atoms with van der Waals surface area (Å²) in [5, 5.41) is 11.6. The van der Waals surface area contributed by atoms with Crippen LogP contribution in [-0.2, 0) is 4.79 Å². The van der Waals surface area contributed by atoms with Crippen LogP contribution in [0.2, 0.25) is 0 Å². The zero-order valence-electron chi connectivity index (χ0n) is 16.2. The van der Waals surface area contributed by atoms with E-state index in [1.165, 1.54) is 5.69 Å². The van der Waals surface area contributed by atoms with E-state index in [1.807, 2.05) is 0 Å². The Bertz CT molecular complexity index is 770. The van der Waals surface area contributed by atoms with Crippen LogP contribution in [0.25, 0.3) is 0 Å². The molecule has 2 heterocycles. The normalized spacial score (nSPS) is 14.2. The van der Waals surface area contributed by atoms with Crippen LogP contribution in [0.5, 0.6) is 0 Å². The van der Waals surface area contributed by atoms with Gasteiger partial charge in [0.2, 0.25) is 12.4 Å². The first-order valence-electron chi connectivity index (χ1n) is 9.41. The molecule has 27 heavy (non-hydrogen) atoms. The molecule has 0 unspecified atom stereocenters. The van der Waals surface area contributed by atoms with Crippen molar-refractivity contribution in [1.82, 2.24) is 20.1 Å². The van der Waals surface area contributed by atoms with Crippen LogP contribution in [0.3, 0.4) is 0 Å². The second-order valence-corrected chi connectivity index (χ2v) is 6.57. The number of hydrogen-bond acceptors (Lipinski definition) is 7. The fourth-order valence-corrected chi connectivity index (χ4v) is 3.23. The molecule has 0 saturated carbocycles. The van der Waals surface area contributed by atoms with Crippen molar-refractivity contribution in [2.45, 2.75) is 20.8 Å². The molecule has 144 valence electrons. The van der Waals surface area contributed by atoms with Gasteiger partial charge in [-0.25, -0.2) is 0 Å². The molecule has 1 amide bonds. The molecule has 1 aromatic carbocycles. The van der Waals surface area contributed by atoms with Gasteiger partial charge in [0.25, 0.3) is 0 Å². The minimum atomic E-state index is 0.586. The Kier molecular flexibility index (Phi) is 6.05. The highest BCUT2D eigenvalue weighted by molar-refractivity contribution is 5.65. The number of hydrogen-bond donors (Lipinski definition) is 1. The summed E-state index contributed by atoms with van der Waals surface area (Å²) in [7, 11) is 0. The molecule has 2 aromatic rings. The standard InChI is InChI=1S/C19H27N7O/c1-4-25(5-2)16-6-7-17(15(3)12-16)21-18-13-20-23-19(22-18)26-10-8-24(14-27)9-11-26/h6-7,12-14H,4-5,8-11H2,1-3H3,(H,21,22,23). The average molecular weight is 369 g/mol. The van der Waals surface area contributed by atoms with Gasteiger partial charge in [0, 0.05) is 50.6 Å². The van der Waals surface area contributed by atoms with Crippen molar-refractivity contribution in [3.8, 4) is 0 Å². The number of rotatable bonds is 7. The Hall–Kier alpha value is -2.90. The van der Waals surface area contributed by atoms with Crippen LogP contribution in [0.4, 0.5) is 23.1 Å². The van der Waals surface area contributed by atoms with Crippen LogP contribution in [-0.4, -0.2) is 65.8 Å². The van der Waals surface area contributed by atoms with Gasteiger partial charge in [0.05, 0.1) is 6.20 Å². The number of nitrogens with zero attached hydrogens (tertiary/aromatic N) is 6. The molecule has 1 aliphatic heterocycles. The summed E-state index contributed by atoms with van der Waals surface area (Å²) < 4.78 is 0. The van der Waals surface area contributed by atoms with Gasteiger partial charge in [-0.15, -0.1) is 5.10 Å². The molecule has 8 heteroatoms. The molecule has 1 saturated heterocycles. The van der Waals surface area contributed by atoms with E-state index in [-0.39, 0.29) is 0 Å². The van der Waals surface area contributed by atoms with Gasteiger partial charge in [-0.1, -0.05) is 0 Å². The third-order valence-electron chi connectivity index (χ3n) is 4.90. The van der Waals surface area contributed by atoms with Gasteiger partial charge >= 0.3 is 0 Å². The number of anilines is 4. The molecule has 0 aliphatic carbocycles. The van der Waals surface area contributed by atoms with Crippen molar-refractivity contribution in [2.24, 2.45) is 0 Å². The number of carbonyl (C=O) groups is 1. The molecule has 8 nitrogen and oxygen atoms in total. The lowest BCUT2D eigenvalue weighted by molar-refractivity contribution is -0.118. The number of nitrogens with one attached hydrogen (secondary N) is 1. The molecule has 1 aliphatic rings. The van der Waals surface area contributed by atoms with Gasteiger partial charge in [0.1, 0.15) is 0 Å². The highest BCUT2D eigenvalue weighted by Gasteiger charge is 2.18. The lowest BCUT2D eigenvalue weighted by Gasteiger charge is -2.32. The van der Waals surface area contributed by atoms with Gasteiger partial charge < -0.3 is 20.0 Å². The van der Waals surface area contributed by atoms with E-state index in [4.69, 9.17) is 0 Å². The molecule has 1 aromatic heterocycles. The van der Waals surface area contributed by atoms with Gasteiger partial charge in [-0.05, 0) is 44.5 Å². The number of carbonyl (C=O) groups excluding carboxylic acids is 1. The van der Waals surface area contributed by atoms with Gasteiger partial charge in [-0.3, -0.25) is 4.79 Å². The van der Waals surface area contributed by atoms with E-state index in [1.54, 1.807) is 11.1 Å². The first kappa shape index (κ1) is 18.9. The first-order chi connectivity index (χ1) is 13.1. The number of piperazine rings is 1. The second kappa shape index (κ2) is 8.66. The third-order valence-corrected chi connectivity index (χ3v) is 4.90. The summed E-state index contributed by atoms with van der Waals surface area (Å²) in [5.41, 5.74) is 3.37. The summed E-state index contributed by atoms with van der Waals surface area (Å²) in [5.74, 6) is 1.25. The molecular formula is C19H27N7O. The van der Waals surface area contributed by atoms with E-state index in [0.717, 1.165) is 30.8 Å². The predicted molar refractivity (Wildman–Crippen MR) is 108 cm³/mol. The quantitative estimate of drug-likeness (QED) is 0.749. The van der Waals surface area contributed by atoms with Crippen LogP contribution in [0.15, 0.2) is 24.4 Å². The second-order valence-electron chi connectivity index (χ2n) is 6.57. The average Bonchev–Trinajstić information content (AvgIpc) is 2.71. The van der Waals surface area contributed by atoms with Crippen molar-refractivity contribution < 1.29 is 4.79 Å². The van der Waals surface area contributed by atoms with Crippen LogP contribution in [0.1, 0.15) is 19.4 Å². The topological polar surface area (TPSA) is 77.5 Å². The van der Waals surface area contributed by atoms with Gasteiger partial charge in [0.15, 0.2) is 5.82 Å². The third kappa shape index (κ3) is 4.45. The Morgan fingerprint density at radius 2 is 1.93 bits per heavy atom. The van der Waals surface area contributed by atoms with Gasteiger partial charge in [-0.2, -0.15) is 10.1 Å². The summed E-state index contributed by atoms with van der Waals surface area (Å²) >= 11 is 0. The molecule has 0 bridgehead atoms. The Labute approximate surface area is 160 Å². The first-order valence-corrected chi connectivity index (χ1v) is 9.41. The van der Waals surface area contributed by atoms with Crippen molar-refractivity contribution >= 4 is 29.6 Å². The Morgan fingerprint density at radius 1 is 1.19 bits per heavy atom. The molecule has 1 fully saturated rings. The minimum absolute atomic E-state index is 0.586. The minimum Gasteiger partial charge on any atom is -0.372 e. The molecule has 0 radical (unpaired) electrons. The maximum absolute atomic E-state index is 10.8. The number of aryl methyl sites for hydroxylation is 1. The smallest absolute Gasteiger partial charge is 0.247 e. The Morgan fingerprint density at radius 3 is 2.56 bits per heavy atom. The monoisotopic (exact) mass is 369 g/mol. The van der Waals surface area contributed by atoms with E-state index < -0.39 is 0 Å². The van der Waals surface area contributed by atoms with Crippen LogP contribution < -0.4 is 15.1 Å². The largest absolute Gasteiger partial charge is 0.372 e. The SMILES string of the molecule is CCN(CC)c1ccc(Nc2cnnc(N3CCN(C=O)CC3)n2)c(C)c1. The van der Waals surface area contributed by atoms with Crippen molar-refractivity contribution in [1.29, 1.82) is 0 Å². The Balaban J connectivity index is 1.72. The maximum Gasteiger partial charge on any atom is 0.247 e. The van der Waals surface area contributed by atoms with Crippen molar-refractivity contribution in [2.75, 3.05) is 54.4 Å². The van der Waals surface area contributed by atoms with Crippen LogP contribution >= 0.6 is 0 Å². The number of amides is 1. The highest BCUT2D eigenvalue weighted by Crippen LogP contribution is 2.25. The number of aromatic nitrogens is 3. The molecular weight excluding hydrogens is 342 g/mol. The maximum atomic E-state index is 10.8. The summed E-state index contributed by atoms with van der Waals surface area (Å²) in [6, 6.07) is 6.38. The predicted octanol–water partition coefficient (Wildman–Crippen LogP) is 2.05. The summed E-state index contributed by atoms with van der Waals surface area (Å²) in [4.78, 5) is 21.6. The molecule has 0 atom stereocenters. The lowest BCUT2D eigenvalue weighted by Crippen LogP contribution is -2.46. The molecule has 1 N–H and O–H groups in total. The van der Waals surface area contributed by atoms with Crippen molar-refractivity contribution in [3.63, 3.8) is 0 Å². The fraction of sp³-hybridized carbons (Fsp3) is 0.474. The van der Waals surface area contributed by atoms with E-state index >= 15 is 0 Å². The van der Waals surface area contributed by atoms with E-state index in [0.29, 0.717) is 37.9 Å². The zero-order valence-corrected chi connectivity index (χ0v) is 16.2. The number of benzene rings is 1. The zero-order chi connectivity index (χ0) is 19.2. The van der Waals surface area contributed by atoms with Crippen LogP contribution in [0, 0.1) is 6.92 Å². The highest BCUT2D eigenvalue weighted by atomic mass is 16.1. The van der Waals surface area contributed by atoms with Crippen molar-refractivity contribution in [3.05, 3.63) is 30.0 Å². The van der Waals surface area contributed by atoms with E-state index in [9.17, 15) is 4.79 Å². The fourth-order valence-electron chi connectivity index (χ4n) is 3.23.